The monoisotopic (exact) mass is 331 g/mol. The largest absolute Gasteiger partial charge is 0.325 e. The number of halogens is 2. The van der Waals surface area contributed by atoms with Gasteiger partial charge in [0.25, 0.3) is 5.56 Å². The molecule has 116 valence electrons. The van der Waals surface area contributed by atoms with Gasteiger partial charge in [-0.1, -0.05) is 11.6 Å². The molecule has 0 aliphatic rings. The molecule has 7 heteroatoms. The zero-order chi connectivity index (χ0) is 16.4. The summed E-state index contributed by atoms with van der Waals surface area (Å²) < 4.78 is 14.0. The molecule has 5 nitrogen and oxygen atoms in total. The standard InChI is InChI=1S/C16H11ClFN3O2/c17-10-1-6-13-14(7-10)19-9-21(16(13)23)8-15(22)20-12-4-2-11(18)3-5-12/h1-7,9H,8H2,(H,20,22). The van der Waals surface area contributed by atoms with Crippen LogP contribution in [0.5, 0.6) is 0 Å². The fourth-order valence-corrected chi connectivity index (χ4v) is 2.30. The highest BCUT2D eigenvalue weighted by molar-refractivity contribution is 6.31. The lowest BCUT2D eigenvalue weighted by molar-refractivity contribution is -0.116. The van der Waals surface area contributed by atoms with E-state index >= 15 is 0 Å². The van der Waals surface area contributed by atoms with Crippen molar-refractivity contribution >= 4 is 34.1 Å². The van der Waals surface area contributed by atoms with Gasteiger partial charge in [0.2, 0.25) is 5.91 Å². The van der Waals surface area contributed by atoms with Crippen molar-refractivity contribution in [2.75, 3.05) is 5.32 Å². The third-order valence-electron chi connectivity index (χ3n) is 3.23. The smallest absolute Gasteiger partial charge is 0.261 e. The maximum atomic E-state index is 12.8. The fourth-order valence-electron chi connectivity index (χ4n) is 2.13. The first kappa shape index (κ1) is 15.2. The van der Waals surface area contributed by atoms with Gasteiger partial charge in [-0.25, -0.2) is 9.37 Å². The number of rotatable bonds is 3. The normalized spacial score (nSPS) is 10.7. The molecule has 0 saturated carbocycles. The maximum absolute atomic E-state index is 12.8. The second kappa shape index (κ2) is 6.18. The van der Waals surface area contributed by atoms with E-state index in [4.69, 9.17) is 11.6 Å². The molecule has 1 aromatic heterocycles. The molecule has 0 saturated heterocycles. The SMILES string of the molecule is O=C(Cn1cnc2cc(Cl)ccc2c1=O)Nc1ccc(F)cc1. The van der Waals surface area contributed by atoms with Crippen LogP contribution in [0.25, 0.3) is 10.9 Å². The third kappa shape index (κ3) is 3.37. The number of anilines is 1. The summed E-state index contributed by atoms with van der Waals surface area (Å²) in [7, 11) is 0. The molecular formula is C16H11ClFN3O2. The molecule has 0 unspecified atom stereocenters. The summed E-state index contributed by atoms with van der Waals surface area (Å²) in [5, 5.41) is 3.45. The Labute approximate surface area is 135 Å². The topological polar surface area (TPSA) is 64.0 Å². The van der Waals surface area contributed by atoms with Gasteiger partial charge in [0.05, 0.1) is 17.2 Å². The minimum atomic E-state index is -0.408. The van der Waals surface area contributed by atoms with Crippen molar-refractivity contribution in [1.29, 1.82) is 0 Å². The summed E-state index contributed by atoms with van der Waals surface area (Å²) >= 11 is 5.86. The highest BCUT2D eigenvalue weighted by Crippen LogP contribution is 2.14. The molecule has 0 atom stereocenters. The average molecular weight is 332 g/mol. The second-order valence-electron chi connectivity index (χ2n) is 4.89. The summed E-state index contributed by atoms with van der Waals surface area (Å²) in [5.41, 5.74) is 0.587. The van der Waals surface area contributed by atoms with Crippen LogP contribution in [0.4, 0.5) is 10.1 Å². The van der Waals surface area contributed by atoms with E-state index < -0.39 is 11.7 Å². The van der Waals surface area contributed by atoms with E-state index in [1.165, 1.54) is 35.2 Å². The van der Waals surface area contributed by atoms with Crippen molar-refractivity contribution in [2.24, 2.45) is 0 Å². The van der Waals surface area contributed by atoms with Crippen molar-refractivity contribution in [3.8, 4) is 0 Å². The number of amides is 1. The van der Waals surface area contributed by atoms with Crippen molar-refractivity contribution < 1.29 is 9.18 Å². The number of benzene rings is 2. The highest BCUT2D eigenvalue weighted by atomic mass is 35.5. The van der Waals surface area contributed by atoms with Gasteiger partial charge in [0.15, 0.2) is 0 Å². The summed E-state index contributed by atoms with van der Waals surface area (Å²) in [4.78, 5) is 28.4. The summed E-state index contributed by atoms with van der Waals surface area (Å²) in [5.74, 6) is -0.801. The van der Waals surface area contributed by atoms with Crippen LogP contribution >= 0.6 is 11.6 Å². The fraction of sp³-hybridized carbons (Fsp3) is 0.0625. The average Bonchev–Trinajstić information content (AvgIpc) is 2.52. The van der Waals surface area contributed by atoms with Crippen molar-refractivity contribution in [3.63, 3.8) is 0 Å². The predicted octanol–water partition coefficient (Wildman–Crippen LogP) is 2.83. The summed E-state index contributed by atoms with van der Waals surface area (Å²) in [6.07, 6.45) is 1.30. The van der Waals surface area contributed by atoms with Crippen LogP contribution in [0, 0.1) is 5.82 Å². The number of aromatic nitrogens is 2. The van der Waals surface area contributed by atoms with Crippen LogP contribution in [0.3, 0.4) is 0 Å². The lowest BCUT2D eigenvalue weighted by Gasteiger charge is -2.08. The minimum absolute atomic E-state index is 0.193. The van der Waals surface area contributed by atoms with Gasteiger partial charge in [-0.05, 0) is 42.5 Å². The first-order valence-electron chi connectivity index (χ1n) is 6.73. The van der Waals surface area contributed by atoms with E-state index in [2.05, 4.69) is 10.3 Å². The van der Waals surface area contributed by atoms with E-state index in [1.807, 2.05) is 0 Å². The van der Waals surface area contributed by atoms with Crippen LogP contribution < -0.4 is 10.9 Å². The molecule has 2 aromatic carbocycles. The Morgan fingerprint density at radius 2 is 1.96 bits per heavy atom. The lowest BCUT2D eigenvalue weighted by Crippen LogP contribution is -2.27. The Bertz CT molecular complexity index is 938. The second-order valence-corrected chi connectivity index (χ2v) is 5.33. The lowest BCUT2D eigenvalue weighted by atomic mass is 10.2. The Balaban J connectivity index is 1.82. The van der Waals surface area contributed by atoms with Crippen molar-refractivity contribution in [3.05, 3.63) is 70.0 Å². The van der Waals surface area contributed by atoms with Gasteiger partial charge < -0.3 is 5.32 Å². The van der Waals surface area contributed by atoms with Crippen LogP contribution in [0.2, 0.25) is 5.02 Å². The molecular weight excluding hydrogens is 321 g/mol. The van der Waals surface area contributed by atoms with Crippen LogP contribution in [0.15, 0.2) is 53.6 Å². The first-order valence-corrected chi connectivity index (χ1v) is 7.11. The first-order chi connectivity index (χ1) is 11.0. The maximum Gasteiger partial charge on any atom is 0.261 e. The van der Waals surface area contributed by atoms with E-state index in [0.29, 0.717) is 21.6 Å². The number of fused-ring (bicyclic) bond motifs is 1. The Kier molecular flexibility index (Phi) is 4.08. The predicted molar refractivity (Wildman–Crippen MR) is 86.0 cm³/mol. The molecule has 0 aliphatic carbocycles. The Morgan fingerprint density at radius 3 is 2.70 bits per heavy atom. The number of nitrogens with zero attached hydrogens (tertiary/aromatic N) is 2. The molecule has 3 rings (SSSR count). The molecule has 0 spiro atoms. The van der Waals surface area contributed by atoms with Gasteiger partial charge in [0, 0.05) is 10.7 Å². The molecule has 1 amide bonds. The zero-order valence-corrected chi connectivity index (χ0v) is 12.5. The van der Waals surface area contributed by atoms with Crippen molar-refractivity contribution in [1.82, 2.24) is 9.55 Å². The summed E-state index contributed by atoms with van der Waals surface area (Å²) in [6.45, 7) is -0.193. The van der Waals surface area contributed by atoms with E-state index in [9.17, 15) is 14.0 Å². The number of hydrogen-bond acceptors (Lipinski definition) is 3. The number of carbonyl (C=O) groups is 1. The quantitative estimate of drug-likeness (QED) is 0.802. The van der Waals surface area contributed by atoms with Crippen LogP contribution in [0.1, 0.15) is 0 Å². The molecule has 0 aliphatic heterocycles. The number of hydrogen-bond donors (Lipinski definition) is 1. The highest BCUT2D eigenvalue weighted by Gasteiger charge is 2.09. The number of carbonyl (C=O) groups excluding carboxylic acids is 1. The third-order valence-corrected chi connectivity index (χ3v) is 3.46. The molecule has 0 bridgehead atoms. The van der Waals surface area contributed by atoms with Crippen LogP contribution in [-0.2, 0) is 11.3 Å². The van der Waals surface area contributed by atoms with Crippen molar-refractivity contribution in [2.45, 2.75) is 6.54 Å². The van der Waals surface area contributed by atoms with Crippen LogP contribution in [-0.4, -0.2) is 15.5 Å². The molecule has 23 heavy (non-hydrogen) atoms. The molecule has 0 radical (unpaired) electrons. The Hall–Kier alpha value is -2.73. The minimum Gasteiger partial charge on any atom is -0.325 e. The van der Waals surface area contributed by atoms with E-state index in [0.717, 1.165) is 0 Å². The van der Waals surface area contributed by atoms with Gasteiger partial charge in [0.1, 0.15) is 12.4 Å². The van der Waals surface area contributed by atoms with Gasteiger partial charge >= 0.3 is 0 Å². The molecule has 3 aromatic rings. The van der Waals surface area contributed by atoms with Gasteiger partial charge in [-0.15, -0.1) is 0 Å². The molecule has 1 N–H and O–H groups in total. The Morgan fingerprint density at radius 1 is 1.22 bits per heavy atom. The van der Waals surface area contributed by atoms with E-state index in [-0.39, 0.29) is 12.1 Å². The van der Waals surface area contributed by atoms with E-state index in [1.54, 1.807) is 18.2 Å². The summed E-state index contributed by atoms with van der Waals surface area (Å²) in [6, 6.07) is 10.1. The number of nitrogens with one attached hydrogen (secondary N) is 1. The molecule has 1 heterocycles. The zero-order valence-electron chi connectivity index (χ0n) is 11.8. The van der Waals surface area contributed by atoms with Gasteiger partial charge in [-0.2, -0.15) is 0 Å². The van der Waals surface area contributed by atoms with Gasteiger partial charge in [-0.3, -0.25) is 14.2 Å². The molecule has 0 fully saturated rings.